The summed E-state index contributed by atoms with van der Waals surface area (Å²) in [6.07, 6.45) is 4.00. The highest BCUT2D eigenvalue weighted by molar-refractivity contribution is 5.32. The molecule has 1 saturated carbocycles. The molecule has 0 amide bonds. The first-order valence-electron chi connectivity index (χ1n) is 5.69. The lowest BCUT2D eigenvalue weighted by molar-refractivity contribution is 0.150. The molecule has 0 spiro atoms. The average Bonchev–Trinajstić information content (AvgIpc) is 2.56. The summed E-state index contributed by atoms with van der Waals surface area (Å²) in [6, 6.07) is 3.99. The smallest absolute Gasteiger partial charge is 0.193 e. The summed E-state index contributed by atoms with van der Waals surface area (Å²) in [4.78, 5) is 0. The first-order valence-corrected chi connectivity index (χ1v) is 5.69. The van der Waals surface area contributed by atoms with E-state index in [1.165, 1.54) is 19.3 Å². The van der Waals surface area contributed by atoms with E-state index in [1.807, 2.05) is 26.1 Å². The Morgan fingerprint density at radius 3 is 2.60 bits per heavy atom. The van der Waals surface area contributed by atoms with Gasteiger partial charge in [-0.05, 0) is 32.9 Å². The quantitative estimate of drug-likeness (QED) is 0.780. The normalized spacial score (nSPS) is 18.5. The van der Waals surface area contributed by atoms with Crippen LogP contribution in [-0.2, 0) is 0 Å². The van der Waals surface area contributed by atoms with Crippen molar-refractivity contribution in [3.8, 4) is 0 Å². The van der Waals surface area contributed by atoms with Gasteiger partial charge in [-0.2, -0.15) is 0 Å². The number of furan rings is 1. The second kappa shape index (κ2) is 4.27. The van der Waals surface area contributed by atoms with Crippen LogP contribution in [0.5, 0.6) is 0 Å². The van der Waals surface area contributed by atoms with Gasteiger partial charge in [0, 0.05) is 24.6 Å². The van der Waals surface area contributed by atoms with Crippen LogP contribution in [0.25, 0.3) is 0 Å². The van der Waals surface area contributed by atoms with E-state index in [2.05, 4.69) is 10.6 Å². The van der Waals surface area contributed by atoms with Gasteiger partial charge < -0.3 is 15.1 Å². The van der Waals surface area contributed by atoms with Crippen LogP contribution in [0.15, 0.2) is 16.5 Å². The molecule has 1 fully saturated rings. The van der Waals surface area contributed by atoms with Gasteiger partial charge in [0.05, 0.1) is 0 Å². The number of hydrogen-bond acceptors (Lipinski definition) is 3. The van der Waals surface area contributed by atoms with E-state index in [0.717, 1.165) is 24.7 Å². The van der Waals surface area contributed by atoms with Crippen molar-refractivity contribution in [2.75, 3.05) is 25.5 Å². The fraction of sp³-hybridized carbons (Fsp3) is 0.667. The van der Waals surface area contributed by atoms with E-state index in [9.17, 15) is 0 Å². The Balaban J connectivity index is 1.86. The maximum absolute atomic E-state index is 5.49. The molecular formula is C12H20N2O. The first-order chi connectivity index (χ1) is 7.24. The minimum absolute atomic E-state index is 0.454. The van der Waals surface area contributed by atoms with Gasteiger partial charge in [0.15, 0.2) is 5.88 Å². The van der Waals surface area contributed by atoms with Gasteiger partial charge in [-0.3, -0.25) is 0 Å². The van der Waals surface area contributed by atoms with Gasteiger partial charge in [-0.1, -0.05) is 6.42 Å². The number of nitrogens with one attached hydrogen (secondary N) is 2. The van der Waals surface area contributed by atoms with E-state index in [0.29, 0.717) is 5.41 Å². The van der Waals surface area contributed by atoms with Gasteiger partial charge in [0.2, 0.25) is 0 Å². The van der Waals surface area contributed by atoms with E-state index in [-0.39, 0.29) is 0 Å². The third-order valence-electron chi connectivity index (χ3n) is 3.34. The third kappa shape index (κ3) is 2.34. The molecule has 0 radical (unpaired) electrons. The molecule has 3 heteroatoms. The molecule has 0 unspecified atom stereocenters. The highest BCUT2D eigenvalue weighted by Crippen LogP contribution is 2.40. The van der Waals surface area contributed by atoms with Crippen molar-refractivity contribution in [3.63, 3.8) is 0 Å². The fourth-order valence-electron chi connectivity index (χ4n) is 2.27. The SMILES string of the molecule is CNCC1(CNc2ccc(C)o2)CCC1. The zero-order chi connectivity index (χ0) is 10.7. The molecule has 0 bridgehead atoms. The molecule has 2 N–H and O–H groups in total. The molecule has 3 nitrogen and oxygen atoms in total. The summed E-state index contributed by atoms with van der Waals surface area (Å²) in [5.41, 5.74) is 0.454. The minimum Gasteiger partial charge on any atom is -0.446 e. The van der Waals surface area contributed by atoms with Crippen molar-refractivity contribution in [1.29, 1.82) is 0 Å². The lowest BCUT2D eigenvalue weighted by Crippen LogP contribution is -2.44. The largest absolute Gasteiger partial charge is 0.446 e. The summed E-state index contributed by atoms with van der Waals surface area (Å²) in [5.74, 6) is 1.86. The molecule has 1 aliphatic carbocycles. The summed E-state index contributed by atoms with van der Waals surface area (Å²) in [6.45, 7) is 4.08. The van der Waals surface area contributed by atoms with E-state index in [1.54, 1.807) is 0 Å². The van der Waals surface area contributed by atoms with Crippen LogP contribution in [0.4, 0.5) is 5.88 Å². The lowest BCUT2D eigenvalue weighted by atomic mass is 9.68. The van der Waals surface area contributed by atoms with Crippen LogP contribution in [0, 0.1) is 12.3 Å². The molecule has 2 rings (SSSR count). The molecule has 15 heavy (non-hydrogen) atoms. The monoisotopic (exact) mass is 208 g/mol. The summed E-state index contributed by atoms with van der Waals surface area (Å²) < 4.78 is 5.49. The van der Waals surface area contributed by atoms with E-state index < -0.39 is 0 Å². The number of aryl methyl sites for hydroxylation is 1. The molecule has 0 saturated heterocycles. The Morgan fingerprint density at radius 1 is 1.33 bits per heavy atom. The van der Waals surface area contributed by atoms with Gasteiger partial charge in [-0.15, -0.1) is 0 Å². The third-order valence-corrected chi connectivity index (χ3v) is 3.34. The van der Waals surface area contributed by atoms with Crippen molar-refractivity contribution in [3.05, 3.63) is 17.9 Å². The van der Waals surface area contributed by atoms with Crippen molar-refractivity contribution in [2.45, 2.75) is 26.2 Å². The molecule has 1 heterocycles. The van der Waals surface area contributed by atoms with E-state index >= 15 is 0 Å². The molecule has 1 aromatic heterocycles. The molecule has 0 aromatic carbocycles. The number of hydrogen-bond donors (Lipinski definition) is 2. The predicted molar refractivity (Wildman–Crippen MR) is 62.1 cm³/mol. The Labute approximate surface area is 91.2 Å². The molecule has 1 aliphatic rings. The highest BCUT2D eigenvalue weighted by atomic mass is 16.4. The average molecular weight is 208 g/mol. The van der Waals surface area contributed by atoms with Crippen molar-refractivity contribution >= 4 is 5.88 Å². The zero-order valence-corrected chi connectivity index (χ0v) is 9.60. The Kier molecular flexibility index (Phi) is 3.00. The second-order valence-corrected chi connectivity index (χ2v) is 4.65. The van der Waals surface area contributed by atoms with Gasteiger partial charge in [0.25, 0.3) is 0 Å². The molecule has 0 aliphatic heterocycles. The Hall–Kier alpha value is -0.960. The van der Waals surface area contributed by atoms with Gasteiger partial charge in [-0.25, -0.2) is 0 Å². The van der Waals surface area contributed by atoms with Crippen molar-refractivity contribution in [2.24, 2.45) is 5.41 Å². The van der Waals surface area contributed by atoms with Crippen LogP contribution in [-0.4, -0.2) is 20.1 Å². The van der Waals surface area contributed by atoms with Crippen LogP contribution >= 0.6 is 0 Å². The molecular weight excluding hydrogens is 188 g/mol. The summed E-state index contributed by atoms with van der Waals surface area (Å²) >= 11 is 0. The van der Waals surface area contributed by atoms with Crippen LogP contribution < -0.4 is 10.6 Å². The Bertz CT molecular complexity index is 315. The van der Waals surface area contributed by atoms with E-state index in [4.69, 9.17) is 4.42 Å². The van der Waals surface area contributed by atoms with Crippen molar-refractivity contribution < 1.29 is 4.42 Å². The highest BCUT2D eigenvalue weighted by Gasteiger charge is 2.36. The maximum Gasteiger partial charge on any atom is 0.193 e. The number of anilines is 1. The summed E-state index contributed by atoms with van der Waals surface area (Å²) in [5, 5.41) is 6.67. The van der Waals surface area contributed by atoms with Crippen molar-refractivity contribution in [1.82, 2.24) is 5.32 Å². The predicted octanol–water partition coefficient (Wildman–Crippen LogP) is 2.39. The van der Waals surface area contributed by atoms with Crippen LogP contribution in [0.3, 0.4) is 0 Å². The van der Waals surface area contributed by atoms with Gasteiger partial charge in [0.1, 0.15) is 5.76 Å². The Morgan fingerprint density at radius 2 is 2.13 bits per heavy atom. The van der Waals surface area contributed by atoms with Crippen LogP contribution in [0.1, 0.15) is 25.0 Å². The minimum atomic E-state index is 0.454. The fourth-order valence-corrected chi connectivity index (χ4v) is 2.27. The molecule has 1 aromatic rings. The molecule has 0 atom stereocenters. The summed E-state index contributed by atoms with van der Waals surface area (Å²) in [7, 11) is 2.02. The van der Waals surface area contributed by atoms with Crippen LogP contribution in [0.2, 0.25) is 0 Å². The lowest BCUT2D eigenvalue weighted by Gasteiger charge is -2.42. The topological polar surface area (TPSA) is 37.2 Å². The standard InChI is InChI=1S/C12H20N2O/c1-10-4-5-11(15-10)14-9-12(8-13-2)6-3-7-12/h4-5,13-14H,3,6-9H2,1-2H3. The van der Waals surface area contributed by atoms with Gasteiger partial charge >= 0.3 is 0 Å². The second-order valence-electron chi connectivity index (χ2n) is 4.65. The maximum atomic E-state index is 5.49. The zero-order valence-electron chi connectivity index (χ0n) is 9.60. The first kappa shape index (κ1) is 10.6. The number of rotatable bonds is 5. The molecule has 84 valence electrons.